The molecule has 2 heterocycles. The van der Waals surface area contributed by atoms with E-state index in [2.05, 4.69) is 20.9 Å². The standard InChI is InChI=1S/C16H18N6O/c1-2-9-18-16(23)19-12-7-5-11(6-8-12)13-4-3-10-22-14(13)15(17)20-21-22/h3-8,10H,2,9,17H2,1H3,(H2,18,19,23). The van der Waals surface area contributed by atoms with Crippen LogP contribution in [-0.4, -0.2) is 27.4 Å². The van der Waals surface area contributed by atoms with Crippen LogP contribution in [0.3, 0.4) is 0 Å². The number of benzene rings is 1. The van der Waals surface area contributed by atoms with Crippen LogP contribution < -0.4 is 16.4 Å². The lowest BCUT2D eigenvalue weighted by Crippen LogP contribution is -2.29. The molecule has 0 saturated carbocycles. The van der Waals surface area contributed by atoms with Crippen LogP contribution in [0.5, 0.6) is 0 Å². The lowest BCUT2D eigenvalue weighted by molar-refractivity contribution is 0.252. The van der Waals surface area contributed by atoms with Crippen molar-refractivity contribution >= 4 is 23.1 Å². The molecule has 23 heavy (non-hydrogen) atoms. The van der Waals surface area contributed by atoms with E-state index in [0.717, 1.165) is 28.8 Å². The highest BCUT2D eigenvalue weighted by Gasteiger charge is 2.10. The second-order valence-corrected chi connectivity index (χ2v) is 5.15. The molecule has 3 rings (SSSR count). The van der Waals surface area contributed by atoms with Crippen molar-refractivity contribution in [3.8, 4) is 11.1 Å². The number of carbonyl (C=O) groups is 1. The maximum absolute atomic E-state index is 11.7. The molecule has 0 radical (unpaired) electrons. The highest BCUT2D eigenvalue weighted by atomic mass is 16.2. The van der Waals surface area contributed by atoms with Crippen LogP contribution in [0.4, 0.5) is 16.3 Å². The van der Waals surface area contributed by atoms with Gasteiger partial charge in [-0.2, -0.15) is 0 Å². The molecule has 3 aromatic rings. The zero-order chi connectivity index (χ0) is 16.2. The highest BCUT2D eigenvalue weighted by molar-refractivity contribution is 5.91. The number of aromatic nitrogens is 3. The van der Waals surface area contributed by atoms with Gasteiger partial charge in [-0.15, -0.1) is 5.10 Å². The average Bonchev–Trinajstić information content (AvgIpc) is 2.95. The molecule has 2 amide bonds. The van der Waals surface area contributed by atoms with Gasteiger partial charge in [0.15, 0.2) is 5.82 Å². The molecule has 0 spiro atoms. The van der Waals surface area contributed by atoms with Gasteiger partial charge in [0.25, 0.3) is 0 Å². The van der Waals surface area contributed by atoms with Crippen LogP contribution in [0.15, 0.2) is 42.6 Å². The highest BCUT2D eigenvalue weighted by Crippen LogP contribution is 2.28. The number of fused-ring (bicyclic) bond motifs is 1. The van der Waals surface area contributed by atoms with Gasteiger partial charge in [-0.05, 0) is 30.2 Å². The monoisotopic (exact) mass is 310 g/mol. The molecule has 1 aromatic carbocycles. The lowest BCUT2D eigenvalue weighted by Gasteiger charge is -2.08. The summed E-state index contributed by atoms with van der Waals surface area (Å²) >= 11 is 0. The fourth-order valence-corrected chi connectivity index (χ4v) is 2.35. The molecule has 7 nitrogen and oxygen atoms in total. The summed E-state index contributed by atoms with van der Waals surface area (Å²) in [5.74, 6) is 0.391. The first-order chi connectivity index (χ1) is 11.2. The van der Waals surface area contributed by atoms with Crippen molar-refractivity contribution < 1.29 is 4.79 Å². The molecule has 0 atom stereocenters. The minimum Gasteiger partial charge on any atom is -0.380 e. The molecule has 0 aliphatic carbocycles. The quantitative estimate of drug-likeness (QED) is 0.689. The Hall–Kier alpha value is -3.09. The molecule has 0 unspecified atom stereocenters. The van der Waals surface area contributed by atoms with E-state index >= 15 is 0 Å². The number of urea groups is 1. The molecule has 0 aliphatic rings. The molecule has 0 bridgehead atoms. The van der Waals surface area contributed by atoms with Crippen molar-refractivity contribution in [1.29, 1.82) is 0 Å². The Morgan fingerprint density at radius 3 is 2.78 bits per heavy atom. The fraction of sp³-hybridized carbons (Fsp3) is 0.188. The van der Waals surface area contributed by atoms with Gasteiger partial charge in [0.2, 0.25) is 0 Å². The molecule has 0 aliphatic heterocycles. The molecular weight excluding hydrogens is 292 g/mol. The van der Waals surface area contributed by atoms with E-state index in [1.54, 1.807) is 10.7 Å². The van der Waals surface area contributed by atoms with E-state index in [4.69, 9.17) is 5.73 Å². The number of nitrogens with zero attached hydrogens (tertiary/aromatic N) is 3. The minimum absolute atomic E-state index is 0.203. The molecule has 7 heteroatoms. The molecule has 2 aromatic heterocycles. The van der Waals surface area contributed by atoms with Crippen molar-refractivity contribution in [2.24, 2.45) is 0 Å². The smallest absolute Gasteiger partial charge is 0.319 e. The molecule has 0 fully saturated rings. The van der Waals surface area contributed by atoms with E-state index in [-0.39, 0.29) is 6.03 Å². The number of hydrogen-bond acceptors (Lipinski definition) is 4. The molecular formula is C16H18N6O. The topological polar surface area (TPSA) is 97.3 Å². The summed E-state index contributed by atoms with van der Waals surface area (Å²) in [4.78, 5) is 11.7. The summed E-state index contributed by atoms with van der Waals surface area (Å²) in [6.45, 7) is 2.66. The van der Waals surface area contributed by atoms with Crippen LogP contribution in [-0.2, 0) is 0 Å². The number of nitrogens with two attached hydrogens (primary N) is 1. The predicted molar refractivity (Wildman–Crippen MR) is 90.1 cm³/mol. The number of carbonyl (C=O) groups excluding carboxylic acids is 1. The van der Waals surface area contributed by atoms with Crippen molar-refractivity contribution in [3.63, 3.8) is 0 Å². The summed E-state index contributed by atoms with van der Waals surface area (Å²) in [6.07, 6.45) is 2.70. The molecule has 4 N–H and O–H groups in total. The number of hydrogen-bond donors (Lipinski definition) is 3. The van der Waals surface area contributed by atoms with E-state index < -0.39 is 0 Å². The Kier molecular flexibility index (Phi) is 4.09. The van der Waals surface area contributed by atoms with Crippen LogP contribution in [0.2, 0.25) is 0 Å². The Balaban J connectivity index is 1.84. The SMILES string of the molecule is CCCNC(=O)Nc1ccc(-c2cccn3nnc(N)c23)cc1. The summed E-state index contributed by atoms with van der Waals surface area (Å²) < 4.78 is 1.65. The van der Waals surface area contributed by atoms with Crippen LogP contribution in [0.25, 0.3) is 16.6 Å². The number of anilines is 2. The van der Waals surface area contributed by atoms with Crippen molar-refractivity contribution in [3.05, 3.63) is 42.6 Å². The third-order valence-corrected chi connectivity index (χ3v) is 3.46. The van der Waals surface area contributed by atoms with Gasteiger partial charge in [-0.1, -0.05) is 30.3 Å². The van der Waals surface area contributed by atoms with Gasteiger partial charge in [0.1, 0.15) is 5.52 Å². The van der Waals surface area contributed by atoms with Crippen LogP contribution in [0, 0.1) is 0 Å². The van der Waals surface area contributed by atoms with Gasteiger partial charge < -0.3 is 16.4 Å². The van der Waals surface area contributed by atoms with E-state index in [1.165, 1.54) is 0 Å². The largest absolute Gasteiger partial charge is 0.380 e. The Morgan fingerprint density at radius 2 is 2.04 bits per heavy atom. The summed E-state index contributed by atoms with van der Waals surface area (Å²) in [7, 11) is 0. The summed E-state index contributed by atoms with van der Waals surface area (Å²) in [6, 6.07) is 11.2. The number of amides is 2. The summed E-state index contributed by atoms with van der Waals surface area (Å²) in [5, 5.41) is 13.4. The van der Waals surface area contributed by atoms with Gasteiger partial charge in [-0.3, -0.25) is 0 Å². The first kappa shape index (κ1) is 14.8. The van der Waals surface area contributed by atoms with Gasteiger partial charge in [-0.25, -0.2) is 9.31 Å². The Morgan fingerprint density at radius 1 is 1.26 bits per heavy atom. The zero-order valence-electron chi connectivity index (χ0n) is 12.8. The second-order valence-electron chi connectivity index (χ2n) is 5.15. The number of pyridine rings is 1. The third-order valence-electron chi connectivity index (χ3n) is 3.46. The Labute approximate surface area is 133 Å². The third kappa shape index (κ3) is 3.08. The van der Waals surface area contributed by atoms with Gasteiger partial charge in [0, 0.05) is 24.0 Å². The fourth-order valence-electron chi connectivity index (χ4n) is 2.35. The van der Waals surface area contributed by atoms with Gasteiger partial charge in [0.05, 0.1) is 0 Å². The van der Waals surface area contributed by atoms with Crippen molar-refractivity contribution in [2.45, 2.75) is 13.3 Å². The number of nitrogens with one attached hydrogen (secondary N) is 2. The maximum Gasteiger partial charge on any atom is 0.319 e. The van der Waals surface area contributed by atoms with E-state index in [9.17, 15) is 4.79 Å². The van der Waals surface area contributed by atoms with Crippen LogP contribution in [0.1, 0.15) is 13.3 Å². The minimum atomic E-state index is -0.203. The first-order valence-corrected chi connectivity index (χ1v) is 7.44. The predicted octanol–water partition coefficient (Wildman–Crippen LogP) is 2.51. The second kappa shape index (κ2) is 6.35. The first-order valence-electron chi connectivity index (χ1n) is 7.44. The number of nitrogen functional groups attached to an aromatic ring is 1. The lowest BCUT2D eigenvalue weighted by atomic mass is 10.1. The van der Waals surface area contributed by atoms with E-state index in [1.807, 2.05) is 43.3 Å². The van der Waals surface area contributed by atoms with Gasteiger partial charge >= 0.3 is 6.03 Å². The maximum atomic E-state index is 11.7. The van der Waals surface area contributed by atoms with Crippen molar-refractivity contribution in [1.82, 2.24) is 20.1 Å². The zero-order valence-corrected chi connectivity index (χ0v) is 12.8. The normalized spacial score (nSPS) is 10.7. The number of rotatable bonds is 4. The van der Waals surface area contributed by atoms with Crippen molar-refractivity contribution in [2.75, 3.05) is 17.6 Å². The molecule has 118 valence electrons. The molecule has 0 saturated heterocycles. The average molecular weight is 310 g/mol. The Bertz CT molecular complexity index is 824. The van der Waals surface area contributed by atoms with E-state index in [0.29, 0.717) is 12.4 Å². The summed E-state index contributed by atoms with van der Waals surface area (Å²) in [5.41, 5.74) is 9.32. The van der Waals surface area contributed by atoms with Crippen LogP contribution >= 0.6 is 0 Å².